The molecule has 2 bridgehead atoms. The van der Waals surface area contributed by atoms with E-state index < -0.39 is 5.97 Å². The molecule has 2 aliphatic carbocycles. The summed E-state index contributed by atoms with van der Waals surface area (Å²) >= 11 is 0. The van der Waals surface area contributed by atoms with Crippen molar-refractivity contribution in [2.24, 2.45) is 17.8 Å². The molecular formula is C17H19NO3. The van der Waals surface area contributed by atoms with Gasteiger partial charge in [0.05, 0.1) is 5.56 Å². The third-order valence-electron chi connectivity index (χ3n) is 4.56. The van der Waals surface area contributed by atoms with E-state index >= 15 is 0 Å². The van der Waals surface area contributed by atoms with Gasteiger partial charge in [-0.1, -0.05) is 30.4 Å². The highest BCUT2D eigenvalue weighted by atomic mass is 16.4. The van der Waals surface area contributed by atoms with E-state index in [4.69, 9.17) is 5.11 Å². The lowest BCUT2D eigenvalue weighted by atomic mass is 9.93. The van der Waals surface area contributed by atoms with Gasteiger partial charge in [-0.15, -0.1) is 0 Å². The summed E-state index contributed by atoms with van der Waals surface area (Å²) in [7, 11) is 0. The van der Waals surface area contributed by atoms with Crippen LogP contribution in [0.15, 0.2) is 36.4 Å². The fourth-order valence-electron chi connectivity index (χ4n) is 3.48. The zero-order valence-corrected chi connectivity index (χ0v) is 11.8. The molecule has 0 radical (unpaired) electrons. The molecule has 0 saturated heterocycles. The number of hydrogen-bond acceptors (Lipinski definition) is 2. The van der Waals surface area contributed by atoms with Gasteiger partial charge in [0.25, 0.3) is 0 Å². The maximum Gasteiger partial charge on any atom is 0.335 e. The van der Waals surface area contributed by atoms with Crippen molar-refractivity contribution in [1.29, 1.82) is 0 Å². The molecular weight excluding hydrogens is 266 g/mol. The Morgan fingerprint density at radius 1 is 1.19 bits per heavy atom. The third kappa shape index (κ3) is 2.84. The first-order chi connectivity index (χ1) is 10.1. The van der Waals surface area contributed by atoms with E-state index in [0.717, 1.165) is 18.4 Å². The summed E-state index contributed by atoms with van der Waals surface area (Å²) in [5.41, 5.74) is 1.08. The number of benzene rings is 1. The number of carboxylic acid groups (broad SMARTS) is 1. The summed E-state index contributed by atoms with van der Waals surface area (Å²) in [5, 5.41) is 12.1. The second kappa shape index (κ2) is 5.72. The molecule has 3 rings (SSSR count). The Bertz CT molecular complexity index is 593. The molecule has 1 saturated carbocycles. The average molecular weight is 285 g/mol. The largest absolute Gasteiger partial charge is 0.478 e. The van der Waals surface area contributed by atoms with Crippen LogP contribution in [0.5, 0.6) is 0 Å². The number of aromatic carboxylic acids is 1. The van der Waals surface area contributed by atoms with Crippen LogP contribution in [0.4, 0.5) is 0 Å². The molecule has 0 heterocycles. The molecule has 110 valence electrons. The molecule has 21 heavy (non-hydrogen) atoms. The van der Waals surface area contributed by atoms with Crippen molar-refractivity contribution in [2.75, 3.05) is 6.54 Å². The van der Waals surface area contributed by atoms with Gasteiger partial charge in [-0.2, -0.15) is 0 Å². The highest BCUT2D eigenvalue weighted by Crippen LogP contribution is 2.43. The smallest absolute Gasteiger partial charge is 0.335 e. The monoisotopic (exact) mass is 285 g/mol. The van der Waals surface area contributed by atoms with Crippen LogP contribution in [0, 0.1) is 17.8 Å². The van der Waals surface area contributed by atoms with Crippen molar-refractivity contribution in [2.45, 2.75) is 19.3 Å². The van der Waals surface area contributed by atoms with Gasteiger partial charge in [0.15, 0.2) is 0 Å². The number of amides is 1. The third-order valence-corrected chi connectivity index (χ3v) is 4.56. The highest BCUT2D eigenvalue weighted by molar-refractivity contribution is 5.89. The van der Waals surface area contributed by atoms with Gasteiger partial charge >= 0.3 is 5.97 Å². The van der Waals surface area contributed by atoms with Crippen LogP contribution in [0.3, 0.4) is 0 Å². The molecule has 1 amide bonds. The summed E-state index contributed by atoms with van der Waals surface area (Å²) in [4.78, 5) is 23.3. The predicted octanol–water partition coefficient (Wildman–Crippen LogP) is 2.26. The van der Waals surface area contributed by atoms with Crippen LogP contribution in [0.25, 0.3) is 0 Å². The van der Waals surface area contributed by atoms with Gasteiger partial charge in [0, 0.05) is 12.5 Å². The molecule has 4 nitrogen and oxygen atoms in total. The van der Waals surface area contributed by atoms with Crippen LogP contribution < -0.4 is 5.32 Å². The minimum absolute atomic E-state index is 0.106. The quantitative estimate of drug-likeness (QED) is 0.815. The van der Waals surface area contributed by atoms with Crippen LogP contribution in [0.1, 0.15) is 28.8 Å². The molecule has 1 aromatic carbocycles. The van der Waals surface area contributed by atoms with Crippen LogP contribution >= 0.6 is 0 Å². The van der Waals surface area contributed by atoms with Gasteiger partial charge in [0.2, 0.25) is 5.91 Å². The van der Waals surface area contributed by atoms with Crippen molar-refractivity contribution in [3.05, 3.63) is 47.5 Å². The van der Waals surface area contributed by atoms with E-state index in [1.54, 1.807) is 18.2 Å². The van der Waals surface area contributed by atoms with E-state index in [0.29, 0.717) is 30.4 Å². The number of carbonyl (C=O) groups excluding carboxylic acids is 1. The van der Waals surface area contributed by atoms with Crippen molar-refractivity contribution < 1.29 is 14.7 Å². The Kier molecular flexibility index (Phi) is 3.78. The average Bonchev–Trinajstić information content (AvgIpc) is 3.10. The molecule has 2 aliphatic rings. The van der Waals surface area contributed by atoms with E-state index in [-0.39, 0.29) is 11.8 Å². The summed E-state index contributed by atoms with van der Waals surface area (Å²) in [6.45, 7) is 0.487. The molecule has 3 atom stereocenters. The number of hydrogen-bond donors (Lipinski definition) is 2. The number of rotatable bonds is 5. The summed E-state index contributed by atoms with van der Waals surface area (Å²) in [6.07, 6.45) is 7.00. The lowest BCUT2D eigenvalue weighted by molar-refractivity contribution is -0.125. The SMILES string of the molecule is O=C(O)c1ccccc1CCNC(=O)C1CC2C=CC1C2. The van der Waals surface area contributed by atoms with Crippen molar-refractivity contribution in [1.82, 2.24) is 5.32 Å². The molecule has 3 unspecified atom stereocenters. The van der Waals surface area contributed by atoms with Gasteiger partial charge in [-0.3, -0.25) is 4.79 Å². The first kappa shape index (κ1) is 13.9. The van der Waals surface area contributed by atoms with Crippen LogP contribution in [0.2, 0.25) is 0 Å². The van der Waals surface area contributed by atoms with Crippen molar-refractivity contribution >= 4 is 11.9 Å². The zero-order chi connectivity index (χ0) is 14.8. The molecule has 0 spiro atoms. The standard InChI is InChI=1S/C17H19NO3/c19-16(15-10-11-5-6-13(15)9-11)18-8-7-12-3-1-2-4-14(12)17(20)21/h1-6,11,13,15H,7-10H2,(H,18,19)(H,20,21). The minimum Gasteiger partial charge on any atom is -0.478 e. The van der Waals surface area contributed by atoms with E-state index in [9.17, 15) is 9.59 Å². The van der Waals surface area contributed by atoms with E-state index in [1.807, 2.05) is 6.07 Å². The minimum atomic E-state index is -0.921. The number of carbonyl (C=O) groups is 2. The van der Waals surface area contributed by atoms with Crippen molar-refractivity contribution in [3.63, 3.8) is 0 Å². The first-order valence-corrected chi connectivity index (χ1v) is 7.42. The number of fused-ring (bicyclic) bond motifs is 2. The maximum absolute atomic E-state index is 12.2. The van der Waals surface area contributed by atoms with Gasteiger partial charge < -0.3 is 10.4 Å². The Morgan fingerprint density at radius 3 is 2.67 bits per heavy atom. The molecule has 0 aromatic heterocycles. The van der Waals surface area contributed by atoms with E-state index in [1.165, 1.54) is 0 Å². The fraction of sp³-hybridized carbons (Fsp3) is 0.412. The topological polar surface area (TPSA) is 66.4 Å². The highest BCUT2D eigenvalue weighted by Gasteiger charge is 2.39. The second-order valence-corrected chi connectivity index (χ2v) is 5.89. The number of nitrogens with one attached hydrogen (secondary N) is 1. The Balaban J connectivity index is 1.54. The summed E-state index contributed by atoms with van der Waals surface area (Å²) < 4.78 is 0. The Labute approximate surface area is 123 Å². The summed E-state index contributed by atoms with van der Waals surface area (Å²) in [5.74, 6) is 0.282. The number of carboxylic acids is 1. The first-order valence-electron chi connectivity index (χ1n) is 7.42. The molecule has 4 heteroatoms. The fourth-order valence-corrected chi connectivity index (χ4v) is 3.48. The molecule has 1 fully saturated rings. The Hall–Kier alpha value is -2.10. The molecule has 1 aromatic rings. The molecule has 0 aliphatic heterocycles. The van der Waals surface area contributed by atoms with Gasteiger partial charge in [-0.05, 0) is 42.7 Å². The lowest BCUT2D eigenvalue weighted by Crippen LogP contribution is -2.34. The van der Waals surface area contributed by atoms with E-state index in [2.05, 4.69) is 17.5 Å². The van der Waals surface area contributed by atoms with Crippen LogP contribution in [-0.4, -0.2) is 23.5 Å². The Morgan fingerprint density at radius 2 is 2.00 bits per heavy atom. The van der Waals surface area contributed by atoms with Gasteiger partial charge in [-0.25, -0.2) is 4.79 Å². The predicted molar refractivity (Wildman–Crippen MR) is 79.0 cm³/mol. The van der Waals surface area contributed by atoms with Crippen molar-refractivity contribution in [3.8, 4) is 0 Å². The molecule has 2 N–H and O–H groups in total. The second-order valence-electron chi connectivity index (χ2n) is 5.89. The normalized spacial score (nSPS) is 26.0. The number of allylic oxidation sites excluding steroid dienone is 2. The summed E-state index contributed by atoms with van der Waals surface area (Å²) in [6, 6.07) is 6.94. The maximum atomic E-state index is 12.2. The zero-order valence-electron chi connectivity index (χ0n) is 11.8. The lowest BCUT2D eigenvalue weighted by Gasteiger charge is -2.17. The van der Waals surface area contributed by atoms with Crippen LogP contribution in [-0.2, 0) is 11.2 Å². The van der Waals surface area contributed by atoms with Gasteiger partial charge in [0.1, 0.15) is 0 Å².